The van der Waals surface area contributed by atoms with Crippen LogP contribution in [0.2, 0.25) is 0 Å². The highest BCUT2D eigenvalue weighted by Gasteiger charge is 2.26. The lowest BCUT2D eigenvalue weighted by Crippen LogP contribution is -2.13. The van der Waals surface area contributed by atoms with E-state index in [-0.39, 0.29) is 19.0 Å². The van der Waals surface area contributed by atoms with Crippen molar-refractivity contribution >= 4 is 11.8 Å². The molecule has 1 aromatic heterocycles. The van der Waals surface area contributed by atoms with E-state index in [1.807, 2.05) is 18.4 Å². The Morgan fingerprint density at radius 2 is 1.81 bits per heavy atom. The molecule has 1 aromatic carbocycles. The molecule has 0 amide bonds. The third-order valence-electron chi connectivity index (χ3n) is 4.24. The maximum atomic E-state index is 12.8. The molecule has 0 aliphatic heterocycles. The maximum absolute atomic E-state index is 12.8. The second-order valence-corrected chi connectivity index (χ2v) is 5.79. The second kappa shape index (κ2) is 8.56. The number of hydrogen-bond donors (Lipinski definition) is 0. The first-order chi connectivity index (χ1) is 12.4. The number of aromatic nitrogens is 1. The van der Waals surface area contributed by atoms with Gasteiger partial charge in [0.2, 0.25) is 5.78 Å². The van der Waals surface area contributed by atoms with Gasteiger partial charge in [-0.05, 0) is 45.4 Å². The fourth-order valence-electron chi connectivity index (χ4n) is 3.08. The minimum absolute atomic E-state index is 0.120. The molecule has 140 valence electrons. The van der Waals surface area contributed by atoms with Gasteiger partial charge in [0.15, 0.2) is 6.61 Å². The fraction of sp³-hybridized carbons (Fsp3) is 0.400. The monoisotopic (exact) mass is 359 g/mol. The Morgan fingerprint density at radius 1 is 1.12 bits per heavy atom. The van der Waals surface area contributed by atoms with E-state index in [0.29, 0.717) is 34.9 Å². The van der Waals surface area contributed by atoms with E-state index in [0.717, 1.165) is 5.69 Å². The van der Waals surface area contributed by atoms with E-state index in [2.05, 4.69) is 0 Å². The molecule has 2 rings (SSSR count). The van der Waals surface area contributed by atoms with Gasteiger partial charge in [0, 0.05) is 23.9 Å². The number of carbonyl (C=O) groups excluding carboxylic acids is 2. The van der Waals surface area contributed by atoms with Crippen molar-refractivity contribution in [3.8, 4) is 11.5 Å². The largest absolute Gasteiger partial charge is 0.497 e. The van der Waals surface area contributed by atoms with Crippen molar-refractivity contribution in [3.05, 3.63) is 46.8 Å². The first-order valence-electron chi connectivity index (χ1n) is 8.61. The number of hydrogen-bond acceptors (Lipinski definition) is 5. The van der Waals surface area contributed by atoms with Crippen molar-refractivity contribution in [2.45, 2.75) is 34.2 Å². The minimum Gasteiger partial charge on any atom is -0.497 e. The van der Waals surface area contributed by atoms with Crippen LogP contribution in [-0.4, -0.2) is 36.6 Å². The molecule has 26 heavy (non-hydrogen) atoms. The van der Waals surface area contributed by atoms with Crippen LogP contribution < -0.4 is 9.47 Å². The number of ketones is 1. The van der Waals surface area contributed by atoms with Gasteiger partial charge in [-0.15, -0.1) is 0 Å². The molecule has 0 bridgehead atoms. The maximum Gasteiger partial charge on any atom is 0.355 e. The molecular weight excluding hydrogens is 334 g/mol. The summed E-state index contributed by atoms with van der Waals surface area (Å²) in [5.74, 6) is 0.612. The van der Waals surface area contributed by atoms with Crippen molar-refractivity contribution in [2.75, 3.05) is 20.3 Å². The van der Waals surface area contributed by atoms with Crippen LogP contribution in [0, 0.1) is 13.8 Å². The standard InChI is InChI=1S/C20H25NO5/c1-6-21-14(4)18(13(3)19(21)20(23)25-7-2)17(22)12-26-16-10-8-9-15(11-16)24-5/h8-11H,6-7,12H2,1-5H3. The van der Waals surface area contributed by atoms with Crippen LogP contribution in [0.3, 0.4) is 0 Å². The molecule has 0 radical (unpaired) electrons. The average Bonchev–Trinajstić information content (AvgIpc) is 2.89. The lowest BCUT2D eigenvalue weighted by Gasteiger charge is -2.08. The number of ether oxygens (including phenoxy) is 3. The molecule has 0 saturated carbocycles. The Morgan fingerprint density at radius 3 is 2.42 bits per heavy atom. The first kappa shape index (κ1) is 19.6. The molecule has 0 atom stereocenters. The van der Waals surface area contributed by atoms with Gasteiger partial charge >= 0.3 is 5.97 Å². The Balaban J connectivity index is 2.26. The Hall–Kier alpha value is -2.76. The first-order valence-corrected chi connectivity index (χ1v) is 8.61. The summed E-state index contributed by atoms with van der Waals surface area (Å²) in [6, 6.07) is 7.07. The summed E-state index contributed by atoms with van der Waals surface area (Å²) in [5, 5.41) is 0. The Kier molecular flexibility index (Phi) is 6.44. The van der Waals surface area contributed by atoms with E-state index in [9.17, 15) is 9.59 Å². The zero-order valence-electron chi connectivity index (χ0n) is 15.9. The summed E-state index contributed by atoms with van der Waals surface area (Å²) >= 11 is 0. The number of carbonyl (C=O) groups is 2. The molecule has 6 nitrogen and oxygen atoms in total. The predicted octanol–water partition coefficient (Wildman–Crippen LogP) is 3.57. The number of esters is 1. The predicted molar refractivity (Wildman–Crippen MR) is 98.4 cm³/mol. The Bertz CT molecular complexity index is 807. The Labute approximate surface area is 153 Å². The molecule has 2 aromatic rings. The minimum atomic E-state index is -0.414. The van der Waals surface area contributed by atoms with Gasteiger partial charge in [-0.3, -0.25) is 4.79 Å². The number of benzene rings is 1. The fourth-order valence-corrected chi connectivity index (χ4v) is 3.08. The number of Topliss-reactive ketones (excluding diaryl/α,β-unsaturated/α-hetero) is 1. The molecule has 6 heteroatoms. The molecule has 0 N–H and O–H groups in total. The smallest absolute Gasteiger partial charge is 0.355 e. The van der Waals surface area contributed by atoms with Crippen LogP contribution in [0.5, 0.6) is 11.5 Å². The molecule has 0 spiro atoms. The van der Waals surface area contributed by atoms with Crippen LogP contribution in [0.15, 0.2) is 24.3 Å². The van der Waals surface area contributed by atoms with Gasteiger partial charge in [0.1, 0.15) is 17.2 Å². The lowest BCUT2D eigenvalue weighted by molar-refractivity contribution is 0.0512. The van der Waals surface area contributed by atoms with Gasteiger partial charge < -0.3 is 18.8 Å². The SMILES string of the molecule is CCOC(=O)c1c(C)c(C(=O)COc2cccc(OC)c2)c(C)n1CC. The zero-order valence-corrected chi connectivity index (χ0v) is 15.9. The number of nitrogens with zero attached hydrogens (tertiary/aromatic N) is 1. The highest BCUT2D eigenvalue weighted by atomic mass is 16.5. The van der Waals surface area contributed by atoms with E-state index in [1.165, 1.54) is 0 Å². The number of rotatable bonds is 8. The van der Waals surface area contributed by atoms with Crippen molar-refractivity contribution in [1.82, 2.24) is 4.57 Å². The van der Waals surface area contributed by atoms with Gasteiger partial charge in [0.25, 0.3) is 0 Å². The van der Waals surface area contributed by atoms with E-state index < -0.39 is 5.97 Å². The zero-order chi connectivity index (χ0) is 19.3. The van der Waals surface area contributed by atoms with Gasteiger partial charge in [-0.25, -0.2) is 4.79 Å². The summed E-state index contributed by atoms with van der Waals surface area (Å²) in [4.78, 5) is 25.0. The molecule has 0 saturated heterocycles. The average molecular weight is 359 g/mol. The van der Waals surface area contributed by atoms with Crippen LogP contribution >= 0.6 is 0 Å². The van der Waals surface area contributed by atoms with Crippen LogP contribution in [-0.2, 0) is 11.3 Å². The topological polar surface area (TPSA) is 66.8 Å². The summed E-state index contributed by atoms with van der Waals surface area (Å²) in [6.45, 7) is 8.02. The molecule has 0 fully saturated rings. The van der Waals surface area contributed by atoms with Crippen LogP contribution in [0.4, 0.5) is 0 Å². The highest BCUT2D eigenvalue weighted by Crippen LogP contribution is 2.25. The normalized spacial score (nSPS) is 10.5. The lowest BCUT2D eigenvalue weighted by atomic mass is 10.1. The van der Waals surface area contributed by atoms with Gasteiger partial charge in [0.05, 0.1) is 13.7 Å². The van der Waals surface area contributed by atoms with Gasteiger partial charge in [-0.2, -0.15) is 0 Å². The van der Waals surface area contributed by atoms with E-state index in [1.54, 1.807) is 45.2 Å². The summed E-state index contributed by atoms with van der Waals surface area (Å²) in [5.41, 5.74) is 2.31. The van der Waals surface area contributed by atoms with Crippen molar-refractivity contribution in [3.63, 3.8) is 0 Å². The van der Waals surface area contributed by atoms with Crippen LogP contribution in [0.1, 0.15) is 46.0 Å². The third kappa shape index (κ3) is 3.90. The second-order valence-electron chi connectivity index (χ2n) is 5.79. The number of methoxy groups -OCH3 is 1. The van der Waals surface area contributed by atoms with E-state index >= 15 is 0 Å². The molecule has 0 aliphatic rings. The van der Waals surface area contributed by atoms with Gasteiger partial charge in [-0.1, -0.05) is 6.07 Å². The molecular formula is C20H25NO5. The summed E-state index contributed by atoms with van der Waals surface area (Å²) < 4.78 is 17.7. The quantitative estimate of drug-likeness (QED) is 0.532. The van der Waals surface area contributed by atoms with Crippen LogP contribution in [0.25, 0.3) is 0 Å². The van der Waals surface area contributed by atoms with Crippen molar-refractivity contribution < 1.29 is 23.8 Å². The molecule has 0 aliphatic carbocycles. The van der Waals surface area contributed by atoms with Crippen molar-refractivity contribution in [2.24, 2.45) is 0 Å². The molecule has 1 heterocycles. The highest BCUT2D eigenvalue weighted by molar-refractivity contribution is 6.03. The van der Waals surface area contributed by atoms with Crippen molar-refractivity contribution in [1.29, 1.82) is 0 Å². The molecule has 0 unspecified atom stereocenters. The van der Waals surface area contributed by atoms with E-state index in [4.69, 9.17) is 14.2 Å². The summed E-state index contributed by atoms with van der Waals surface area (Å²) in [6.07, 6.45) is 0. The summed E-state index contributed by atoms with van der Waals surface area (Å²) in [7, 11) is 1.57. The third-order valence-corrected chi connectivity index (χ3v) is 4.24.